The van der Waals surface area contributed by atoms with E-state index in [0.29, 0.717) is 0 Å². The molecule has 0 fully saturated rings. The Morgan fingerprint density at radius 2 is 1.92 bits per heavy atom. The van der Waals surface area contributed by atoms with Gasteiger partial charge in [-0.05, 0) is 25.0 Å². The Morgan fingerprint density at radius 1 is 1.23 bits per heavy atom. The van der Waals surface area contributed by atoms with Crippen LogP contribution in [0.4, 0.5) is 4.39 Å². The monoisotopic (exact) mass is 176 g/mol. The molecule has 0 aromatic heterocycles. The molecule has 2 rings (SSSR count). The molecule has 0 saturated heterocycles. The third-order valence-corrected chi connectivity index (χ3v) is 2.54. The summed E-state index contributed by atoms with van der Waals surface area (Å²) in [7, 11) is 0. The van der Waals surface area contributed by atoms with Crippen molar-refractivity contribution in [3.63, 3.8) is 0 Å². The van der Waals surface area contributed by atoms with E-state index >= 15 is 0 Å². The maximum Gasteiger partial charge on any atom is 0.115 e. The number of hydrogen-bond acceptors (Lipinski definition) is 0. The fourth-order valence-corrected chi connectivity index (χ4v) is 1.85. The van der Waals surface area contributed by atoms with E-state index < -0.39 is 5.67 Å². The SMILES string of the molecule is CC(C)(F)C1C=Cc2ccccc21. The summed E-state index contributed by atoms with van der Waals surface area (Å²) in [6.07, 6.45) is 3.95. The largest absolute Gasteiger partial charge is 0.243 e. The van der Waals surface area contributed by atoms with Gasteiger partial charge in [-0.15, -0.1) is 0 Å². The van der Waals surface area contributed by atoms with Crippen LogP contribution in [-0.4, -0.2) is 5.67 Å². The summed E-state index contributed by atoms with van der Waals surface area (Å²) < 4.78 is 13.7. The van der Waals surface area contributed by atoms with E-state index in [1.165, 1.54) is 0 Å². The number of allylic oxidation sites excluding steroid dienone is 1. The highest BCUT2D eigenvalue weighted by Gasteiger charge is 2.31. The molecule has 0 aliphatic heterocycles. The number of alkyl halides is 1. The van der Waals surface area contributed by atoms with E-state index in [4.69, 9.17) is 0 Å². The van der Waals surface area contributed by atoms with Crippen molar-refractivity contribution >= 4 is 6.08 Å². The van der Waals surface area contributed by atoms with Crippen LogP contribution in [0.1, 0.15) is 30.9 Å². The first-order valence-electron chi connectivity index (χ1n) is 4.55. The van der Waals surface area contributed by atoms with Gasteiger partial charge < -0.3 is 0 Å². The molecular formula is C12H13F. The van der Waals surface area contributed by atoms with Gasteiger partial charge in [-0.2, -0.15) is 0 Å². The van der Waals surface area contributed by atoms with Crippen molar-refractivity contribution in [2.75, 3.05) is 0 Å². The van der Waals surface area contributed by atoms with E-state index in [1.54, 1.807) is 13.8 Å². The lowest BCUT2D eigenvalue weighted by Crippen LogP contribution is -2.20. The number of hydrogen-bond donors (Lipinski definition) is 0. The van der Waals surface area contributed by atoms with Crippen molar-refractivity contribution in [1.82, 2.24) is 0 Å². The first-order valence-corrected chi connectivity index (χ1v) is 4.55. The Labute approximate surface area is 78.1 Å². The Hall–Kier alpha value is -1.11. The predicted molar refractivity (Wildman–Crippen MR) is 53.4 cm³/mol. The normalized spacial score (nSPS) is 20.4. The average molecular weight is 176 g/mol. The second kappa shape index (κ2) is 2.69. The highest BCUT2D eigenvalue weighted by atomic mass is 19.1. The molecular weight excluding hydrogens is 163 g/mol. The number of rotatable bonds is 1. The Morgan fingerprint density at radius 3 is 2.62 bits per heavy atom. The summed E-state index contributed by atoms with van der Waals surface area (Å²) in [4.78, 5) is 0. The number of benzene rings is 1. The van der Waals surface area contributed by atoms with Crippen molar-refractivity contribution in [2.45, 2.75) is 25.4 Å². The zero-order valence-corrected chi connectivity index (χ0v) is 7.92. The van der Waals surface area contributed by atoms with Gasteiger partial charge in [-0.25, -0.2) is 4.39 Å². The first kappa shape index (κ1) is 8.49. The third-order valence-electron chi connectivity index (χ3n) is 2.54. The average Bonchev–Trinajstić information content (AvgIpc) is 2.45. The van der Waals surface area contributed by atoms with Crippen molar-refractivity contribution in [3.8, 4) is 0 Å². The van der Waals surface area contributed by atoms with Gasteiger partial charge in [0.15, 0.2) is 0 Å². The van der Waals surface area contributed by atoms with Crippen LogP contribution >= 0.6 is 0 Å². The topological polar surface area (TPSA) is 0 Å². The van der Waals surface area contributed by atoms with E-state index in [2.05, 4.69) is 0 Å². The molecule has 1 atom stereocenters. The third kappa shape index (κ3) is 1.39. The maximum atomic E-state index is 13.7. The summed E-state index contributed by atoms with van der Waals surface area (Å²) in [6.45, 7) is 3.26. The van der Waals surface area contributed by atoms with Crippen LogP contribution in [0.25, 0.3) is 6.08 Å². The highest BCUT2D eigenvalue weighted by molar-refractivity contribution is 5.63. The van der Waals surface area contributed by atoms with Crippen molar-refractivity contribution < 1.29 is 4.39 Å². The van der Waals surface area contributed by atoms with Gasteiger partial charge in [0.2, 0.25) is 0 Å². The lowest BCUT2D eigenvalue weighted by Gasteiger charge is -2.22. The summed E-state index contributed by atoms with van der Waals surface area (Å²) in [6, 6.07) is 7.97. The van der Waals surface area contributed by atoms with Crippen LogP contribution in [0.2, 0.25) is 0 Å². The molecule has 1 aliphatic rings. The van der Waals surface area contributed by atoms with Crippen LogP contribution in [0.3, 0.4) is 0 Å². The quantitative estimate of drug-likeness (QED) is 0.614. The molecule has 1 aromatic rings. The molecule has 13 heavy (non-hydrogen) atoms. The van der Waals surface area contributed by atoms with Gasteiger partial charge in [-0.3, -0.25) is 0 Å². The first-order chi connectivity index (χ1) is 6.09. The Bertz CT molecular complexity index is 344. The summed E-state index contributed by atoms with van der Waals surface area (Å²) in [5.41, 5.74) is 1.09. The molecule has 0 amide bonds. The second-order valence-electron chi connectivity index (χ2n) is 4.03. The van der Waals surface area contributed by atoms with E-state index in [0.717, 1.165) is 11.1 Å². The van der Waals surface area contributed by atoms with Crippen LogP contribution in [0.5, 0.6) is 0 Å². The zero-order chi connectivity index (χ0) is 9.47. The van der Waals surface area contributed by atoms with Gasteiger partial charge in [0.1, 0.15) is 5.67 Å². The summed E-state index contributed by atoms with van der Waals surface area (Å²) >= 11 is 0. The second-order valence-corrected chi connectivity index (χ2v) is 4.03. The van der Waals surface area contributed by atoms with Gasteiger partial charge in [-0.1, -0.05) is 36.4 Å². The van der Waals surface area contributed by atoms with Crippen molar-refractivity contribution in [3.05, 3.63) is 41.5 Å². The zero-order valence-electron chi connectivity index (χ0n) is 7.92. The van der Waals surface area contributed by atoms with Crippen LogP contribution < -0.4 is 0 Å². The predicted octanol–water partition coefficient (Wildman–Crippen LogP) is 3.55. The van der Waals surface area contributed by atoms with Crippen LogP contribution in [0.15, 0.2) is 30.3 Å². The van der Waals surface area contributed by atoms with Crippen molar-refractivity contribution in [2.24, 2.45) is 0 Å². The lowest BCUT2D eigenvalue weighted by molar-refractivity contribution is 0.195. The minimum absolute atomic E-state index is 0.0799. The summed E-state index contributed by atoms with van der Waals surface area (Å²) in [5.74, 6) is -0.0799. The maximum absolute atomic E-state index is 13.7. The number of halogens is 1. The smallest absolute Gasteiger partial charge is 0.115 e. The van der Waals surface area contributed by atoms with Gasteiger partial charge in [0.25, 0.3) is 0 Å². The van der Waals surface area contributed by atoms with E-state index in [9.17, 15) is 4.39 Å². The highest BCUT2D eigenvalue weighted by Crippen LogP contribution is 2.39. The molecule has 1 aliphatic carbocycles. The van der Waals surface area contributed by atoms with Crippen LogP contribution in [0, 0.1) is 0 Å². The molecule has 1 heteroatoms. The van der Waals surface area contributed by atoms with Crippen molar-refractivity contribution in [1.29, 1.82) is 0 Å². The molecule has 1 aromatic carbocycles. The number of fused-ring (bicyclic) bond motifs is 1. The van der Waals surface area contributed by atoms with Gasteiger partial charge >= 0.3 is 0 Å². The Kier molecular flexibility index (Phi) is 1.76. The molecule has 68 valence electrons. The molecule has 1 unspecified atom stereocenters. The molecule has 0 nitrogen and oxygen atoms in total. The molecule has 0 spiro atoms. The minimum atomic E-state index is -1.16. The van der Waals surface area contributed by atoms with Gasteiger partial charge in [0, 0.05) is 5.92 Å². The lowest BCUT2D eigenvalue weighted by atomic mass is 9.88. The summed E-state index contributed by atoms with van der Waals surface area (Å²) in [5, 5.41) is 0. The van der Waals surface area contributed by atoms with Crippen LogP contribution in [-0.2, 0) is 0 Å². The van der Waals surface area contributed by atoms with E-state index in [1.807, 2.05) is 36.4 Å². The van der Waals surface area contributed by atoms with Gasteiger partial charge in [0.05, 0.1) is 0 Å². The fourth-order valence-electron chi connectivity index (χ4n) is 1.85. The Balaban J connectivity index is 2.45. The standard InChI is InChI=1S/C12H13F/c1-12(2,13)11-8-7-9-5-3-4-6-10(9)11/h3-8,11H,1-2H3. The fraction of sp³-hybridized carbons (Fsp3) is 0.333. The minimum Gasteiger partial charge on any atom is -0.243 e. The van der Waals surface area contributed by atoms with E-state index in [-0.39, 0.29) is 5.92 Å². The molecule has 0 N–H and O–H groups in total. The molecule has 0 heterocycles. The molecule has 0 saturated carbocycles. The molecule has 0 radical (unpaired) electrons. The molecule has 0 bridgehead atoms.